The van der Waals surface area contributed by atoms with Crippen molar-refractivity contribution in [1.82, 2.24) is 10.0 Å². The van der Waals surface area contributed by atoms with Gasteiger partial charge in [0, 0.05) is 11.6 Å². The zero-order valence-electron chi connectivity index (χ0n) is 21.4. The minimum absolute atomic E-state index is 0.0653. The van der Waals surface area contributed by atoms with E-state index in [4.69, 9.17) is 0 Å². The SMILES string of the molecule is CC(C)Cc1cc(-c2ccc(CCN[C@@H](C)[C@H](O)c3ccccc3)cc2)ccc1C(=O)NS(C)(=O)=O. The minimum atomic E-state index is -3.63. The first-order valence-electron chi connectivity index (χ1n) is 12.2. The summed E-state index contributed by atoms with van der Waals surface area (Å²) in [5.41, 5.74) is 5.29. The molecule has 0 saturated heterocycles. The van der Waals surface area contributed by atoms with Crippen molar-refractivity contribution in [3.8, 4) is 11.1 Å². The third-order valence-corrected chi connectivity index (χ3v) is 6.59. The lowest BCUT2D eigenvalue weighted by atomic mass is 9.93. The highest BCUT2D eigenvalue weighted by Crippen LogP contribution is 2.25. The molecule has 0 fully saturated rings. The number of benzene rings is 3. The van der Waals surface area contributed by atoms with Crippen molar-refractivity contribution in [3.63, 3.8) is 0 Å². The lowest BCUT2D eigenvalue weighted by Gasteiger charge is -2.20. The first-order chi connectivity index (χ1) is 17.0. The van der Waals surface area contributed by atoms with Gasteiger partial charge in [0.1, 0.15) is 0 Å². The number of rotatable bonds is 11. The van der Waals surface area contributed by atoms with E-state index in [0.29, 0.717) is 17.9 Å². The summed E-state index contributed by atoms with van der Waals surface area (Å²) in [5.74, 6) is -0.295. The van der Waals surface area contributed by atoms with Gasteiger partial charge in [-0.05, 0) is 66.1 Å². The van der Waals surface area contributed by atoms with Crippen LogP contribution in [0.15, 0.2) is 72.8 Å². The van der Waals surface area contributed by atoms with Crippen molar-refractivity contribution in [3.05, 3.63) is 95.1 Å². The van der Waals surface area contributed by atoms with Gasteiger partial charge in [0.15, 0.2) is 0 Å². The largest absolute Gasteiger partial charge is 0.387 e. The minimum Gasteiger partial charge on any atom is -0.387 e. The van der Waals surface area contributed by atoms with Gasteiger partial charge >= 0.3 is 0 Å². The van der Waals surface area contributed by atoms with E-state index in [1.165, 1.54) is 5.56 Å². The molecule has 36 heavy (non-hydrogen) atoms. The van der Waals surface area contributed by atoms with Crippen molar-refractivity contribution < 1.29 is 18.3 Å². The van der Waals surface area contributed by atoms with Crippen LogP contribution in [0, 0.1) is 5.92 Å². The van der Waals surface area contributed by atoms with Crippen LogP contribution in [0.4, 0.5) is 0 Å². The average Bonchev–Trinajstić information content (AvgIpc) is 2.83. The third kappa shape index (κ3) is 8.01. The summed E-state index contributed by atoms with van der Waals surface area (Å²) in [7, 11) is -3.63. The van der Waals surface area contributed by atoms with Crippen molar-refractivity contribution in [2.24, 2.45) is 5.92 Å². The fourth-order valence-corrected chi connectivity index (χ4v) is 4.63. The molecule has 0 aliphatic heterocycles. The number of hydrogen-bond donors (Lipinski definition) is 3. The normalized spacial score (nSPS) is 13.4. The molecule has 3 N–H and O–H groups in total. The van der Waals surface area contributed by atoms with Gasteiger partial charge in [-0.1, -0.05) is 80.6 Å². The van der Waals surface area contributed by atoms with E-state index in [1.807, 2.05) is 49.4 Å². The highest BCUT2D eigenvalue weighted by molar-refractivity contribution is 7.89. The zero-order valence-corrected chi connectivity index (χ0v) is 22.2. The quantitative estimate of drug-likeness (QED) is 0.355. The van der Waals surface area contributed by atoms with E-state index >= 15 is 0 Å². The fourth-order valence-electron chi connectivity index (χ4n) is 4.19. The van der Waals surface area contributed by atoms with Crippen LogP contribution in [0.2, 0.25) is 0 Å². The summed E-state index contributed by atoms with van der Waals surface area (Å²) < 4.78 is 25.1. The number of aliphatic hydroxyl groups excluding tert-OH is 1. The van der Waals surface area contributed by atoms with Gasteiger partial charge < -0.3 is 10.4 Å². The summed E-state index contributed by atoms with van der Waals surface area (Å²) in [6.45, 7) is 6.85. The molecule has 3 aromatic carbocycles. The van der Waals surface area contributed by atoms with Crippen LogP contribution in [0.3, 0.4) is 0 Å². The van der Waals surface area contributed by atoms with Crippen LogP contribution >= 0.6 is 0 Å². The summed E-state index contributed by atoms with van der Waals surface area (Å²) in [6.07, 6.45) is 1.91. The van der Waals surface area contributed by atoms with Gasteiger partial charge in [0.2, 0.25) is 10.0 Å². The highest BCUT2D eigenvalue weighted by Gasteiger charge is 2.17. The molecule has 192 valence electrons. The van der Waals surface area contributed by atoms with E-state index in [1.54, 1.807) is 6.07 Å². The predicted octanol–water partition coefficient (Wildman–Crippen LogP) is 4.50. The Balaban J connectivity index is 1.66. The number of amides is 1. The van der Waals surface area contributed by atoms with Gasteiger partial charge in [0.25, 0.3) is 5.91 Å². The molecule has 0 heterocycles. The molecule has 2 atom stereocenters. The van der Waals surface area contributed by atoms with Crippen molar-refractivity contribution in [2.45, 2.75) is 45.8 Å². The number of aliphatic hydroxyl groups is 1. The van der Waals surface area contributed by atoms with E-state index in [2.05, 4.69) is 48.2 Å². The number of nitrogens with one attached hydrogen (secondary N) is 2. The Bertz CT molecular complexity index is 1260. The molecule has 0 unspecified atom stereocenters. The molecular formula is C29H36N2O4S. The van der Waals surface area contributed by atoms with Crippen LogP contribution in [-0.2, 0) is 22.9 Å². The second-order valence-electron chi connectivity index (χ2n) is 9.72. The van der Waals surface area contributed by atoms with E-state index in [9.17, 15) is 18.3 Å². The molecule has 0 bridgehead atoms. The van der Waals surface area contributed by atoms with E-state index in [0.717, 1.165) is 41.5 Å². The molecular weight excluding hydrogens is 472 g/mol. The topological polar surface area (TPSA) is 95.5 Å². The predicted molar refractivity (Wildman–Crippen MR) is 145 cm³/mol. The summed E-state index contributed by atoms with van der Waals surface area (Å²) in [6, 6.07) is 23.4. The summed E-state index contributed by atoms with van der Waals surface area (Å²) in [5, 5.41) is 13.9. The van der Waals surface area contributed by atoms with Crippen LogP contribution in [0.1, 0.15) is 53.9 Å². The Hall–Kier alpha value is -3.00. The average molecular weight is 509 g/mol. The lowest BCUT2D eigenvalue weighted by molar-refractivity contribution is 0.0980. The molecule has 0 aromatic heterocycles. The molecule has 0 aliphatic carbocycles. The molecule has 1 amide bonds. The summed E-state index contributed by atoms with van der Waals surface area (Å²) in [4.78, 5) is 12.5. The second kappa shape index (κ2) is 12.3. The third-order valence-electron chi connectivity index (χ3n) is 6.04. The van der Waals surface area contributed by atoms with E-state index < -0.39 is 22.0 Å². The van der Waals surface area contributed by atoms with Gasteiger partial charge in [-0.15, -0.1) is 0 Å². The smallest absolute Gasteiger partial charge is 0.264 e. The first-order valence-corrected chi connectivity index (χ1v) is 14.1. The molecule has 3 aromatic rings. The Morgan fingerprint density at radius 2 is 1.56 bits per heavy atom. The standard InChI is InChI=1S/C29H36N2O4S/c1-20(2)18-26-19-25(14-15-27(26)29(33)31-36(4,34)35)23-12-10-22(11-13-23)16-17-30-21(3)28(32)24-8-6-5-7-9-24/h5-15,19-21,28,30,32H,16-18H2,1-4H3,(H,31,33)/t21-,28-/m0/s1. The fraction of sp³-hybridized carbons (Fsp3) is 0.345. The van der Waals surface area contributed by atoms with Gasteiger partial charge in [-0.3, -0.25) is 4.79 Å². The first kappa shape index (κ1) is 27.6. The number of sulfonamides is 1. The zero-order chi connectivity index (χ0) is 26.3. The van der Waals surface area contributed by atoms with Gasteiger partial charge in [-0.2, -0.15) is 0 Å². The van der Waals surface area contributed by atoms with Crippen LogP contribution in [-0.4, -0.2) is 38.3 Å². The maximum Gasteiger partial charge on any atom is 0.264 e. The summed E-state index contributed by atoms with van der Waals surface area (Å²) >= 11 is 0. The maximum absolute atomic E-state index is 12.5. The number of hydrogen-bond acceptors (Lipinski definition) is 5. The van der Waals surface area contributed by atoms with Crippen LogP contribution in [0.25, 0.3) is 11.1 Å². The molecule has 0 spiro atoms. The van der Waals surface area contributed by atoms with Crippen LogP contribution < -0.4 is 10.0 Å². The second-order valence-corrected chi connectivity index (χ2v) is 11.5. The van der Waals surface area contributed by atoms with Gasteiger partial charge in [-0.25, -0.2) is 13.1 Å². The lowest BCUT2D eigenvalue weighted by Crippen LogP contribution is -2.33. The molecule has 6 nitrogen and oxygen atoms in total. The Morgan fingerprint density at radius 3 is 2.17 bits per heavy atom. The molecule has 0 saturated carbocycles. The van der Waals surface area contributed by atoms with Crippen molar-refractivity contribution in [1.29, 1.82) is 0 Å². The van der Waals surface area contributed by atoms with Crippen molar-refractivity contribution >= 4 is 15.9 Å². The molecule has 3 rings (SSSR count). The Labute approximate surface area is 214 Å². The monoisotopic (exact) mass is 508 g/mol. The molecule has 7 heteroatoms. The maximum atomic E-state index is 12.5. The Morgan fingerprint density at radius 1 is 0.917 bits per heavy atom. The van der Waals surface area contributed by atoms with E-state index in [-0.39, 0.29) is 6.04 Å². The number of carbonyl (C=O) groups excluding carboxylic acids is 1. The van der Waals surface area contributed by atoms with Crippen LogP contribution in [0.5, 0.6) is 0 Å². The highest BCUT2D eigenvalue weighted by atomic mass is 32.2. The molecule has 0 aliphatic rings. The molecule has 0 radical (unpaired) electrons. The van der Waals surface area contributed by atoms with Crippen molar-refractivity contribution in [2.75, 3.05) is 12.8 Å². The van der Waals surface area contributed by atoms with Gasteiger partial charge in [0.05, 0.1) is 12.4 Å². The Kier molecular flexibility index (Phi) is 9.43. The number of carbonyl (C=O) groups is 1.